The molecule has 1 fully saturated rings. The molecule has 1 aliphatic rings. The molecular formula is C16H17F2N3. The molecule has 0 spiro atoms. The van der Waals surface area contributed by atoms with Gasteiger partial charge in [0, 0.05) is 18.7 Å². The lowest BCUT2D eigenvalue weighted by Gasteiger charge is -2.17. The number of alkyl halides is 2. The van der Waals surface area contributed by atoms with E-state index in [0.717, 1.165) is 37.1 Å². The van der Waals surface area contributed by atoms with Gasteiger partial charge in [-0.05, 0) is 25.8 Å². The van der Waals surface area contributed by atoms with E-state index in [-0.39, 0.29) is 5.69 Å². The monoisotopic (exact) mass is 289 g/mol. The Morgan fingerprint density at radius 1 is 1.05 bits per heavy atom. The quantitative estimate of drug-likeness (QED) is 0.855. The van der Waals surface area contributed by atoms with Crippen LogP contribution in [-0.4, -0.2) is 23.1 Å². The Balaban J connectivity index is 2.04. The lowest BCUT2D eigenvalue weighted by molar-refractivity contribution is 0.146. The third-order valence-corrected chi connectivity index (χ3v) is 3.69. The van der Waals surface area contributed by atoms with Crippen molar-refractivity contribution in [2.45, 2.75) is 26.2 Å². The highest BCUT2D eigenvalue weighted by Gasteiger charge is 2.19. The molecule has 0 atom stereocenters. The fourth-order valence-corrected chi connectivity index (χ4v) is 2.50. The van der Waals surface area contributed by atoms with Gasteiger partial charge >= 0.3 is 0 Å². The predicted molar refractivity (Wildman–Crippen MR) is 78.6 cm³/mol. The molecule has 3 nitrogen and oxygen atoms in total. The summed E-state index contributed by atoms with van der Waals surface area (Å²) in [5.41, 5.74) is 2.32. The number of hydrogen-bond donors (Lipinski definition) is 0. The highest BCUT2D eigenvalue weighted by molar-refractivity contribution is 5.61. The summed E-state index contributed by atoms with van der Waals surface area (Å²) in [4.78, 5) is 10.5. The molecule has 1 saturated heterocycles. The van der Waals surface area contributed by atoms with E-state index >= 15 is 0 Å². The number of anilines is 1. The number of hydrogen-bond acceptors (Lipinski definition) is 3. The van der Waals surface area contributed by atoms with E-state index in [2.05, 4.69) is 9.97 Å². The first-order valence-electron chi connectivity index (χ1n) is 7.12. The Labute approximate surface area is 122 Å². The largest absolute Gasteiger partial charge is 0.341 e. The molecule has 1 aromatic heterocycles. The molecule has 21 heavy (non-hydrogen) atoms. The van der Waals surface area contributed by atoms with Crippen LogP contribution in [0.3, 0.4) is 0 Å². The first-order valence-corrected chi connectivity index (χ1v) is 7.12. The molecule has 0 unspecified atom stereocenters. The molecule has 2 heterocycles. The van der Waals surface area contributed by atoms with Crippen LogP contribution in [0.4, 0.5) is 14.7 Å². The maximum atomic E-state index is 13.1. The van der Waals surface area contributed by atoms with E-state index in [1.807, 2.05) is 36.1 Å². The van der Waals surface area contributed by atoms with Crippen LogP contribution in [-0.2, 0) is 0 Å². The van der Waals surface area contributed by atoms with Gasteiger partial charge in [0.25, 0.3) is 6.43 Å². The van der Waals surface area contributed by atoms with Gasteiger partial charge in [-0.25, -0.2) is 18.7 Å². The van der Waals surface area contributed by atoms with E-state index in [4.69, 9.17) is 0 Å². The van der Waals surface area contributed by atoms with Gasteiger partial charge in [-0.3, -0.25) is 0 Å². The minimum atomic E-state index is -2.58. The number of rotatable bonds is 3. The van der Waals surface area contributed by atoms with Crippen LogP contribution >= 0.6 is 0 Å². The van der Waals surface area contributed by atoms with Crippen molar-refractivity contribution in [1.82, 2.24) is 9.97 Å². The summed E-state index contributed by atoms with van der Waals surface area (Å²) < 4.78 is 26.2. The Kier molecular flexibility index (Phi) is 3.82. The summed E-state index contributed by atoms with van der Waals surface area (Å²) in [6, 6.07) is 9.10. The molecule has 2 aromatic rings. The van der Waals surface area contributed by atoms with Crippen LogP contribution in [0.2, 0.25) is 0 Å². The van der Waals surface area contributed by atoms with Crippen molar-refractivity contribution >= 4 is 5.95 Å². The lowest BCUT2D eigenvalue weighted by Crippen LogP contribution is -2.21. The van der Waals surface area contributed by atoms with Gasteiger partial charge in [-0.1, -0.05) is 29.8 Å². The highest BCUT2D eigenvalue weighted by Crippen LogP contribution is 2.27. The third-order valence-electron chi connectivity index (χ3n) is 3.69. The summed E-state index contributed by atoms with van der Waals surface area (Å²) in [6.45, 7) is 3.66. The molecule has 0 bridgehead atoms. The average Bonchev–Trinajstić information content (AvgIpc) is 3.02. The van der Waals surface area contributed by atoms with Crippen LogP contribution in [0.5, 0.6) is 0 Å². The highest BCUT2D eigenvalue weighted by atomic mass is 19.3. The molecule has 0 saturated carbocycles. The number of benzene rings is 1. The minimum Gasteiger partial charge on any atom is -0.341 e. The molecule has 0 radical (unpaired) electrons. The van der Waals surface area contributed by atoms with E-state index in [1.54, 1.807) is 0 Å². The van der Waals surface area contributed by atoms with Crippen LogP contribution in [0.1, 0.15) is 30.5 Å². The normalized spacial score (nSPS) is 15.0. The zero-order valence-electron chi connectivity index (χ0n) is 11.9. The van der Waals surface area contributed by atoms with Crippen molar-refractivity contribution < 1.29 is 8.78 Å². The van der Waals surface area contributed by atoms with Gasteiger partial charge in [0.15, 0.2) is 0 Å². The third kappa shape index (κ3) is 3.01. The summed E-state index contributed by atoms with van der Waals surface area (Å²) in [6.07, 6.45) is -0.469. The fourth-order valence-electron chi connectivity index (χ4n) is 2.50. The SMILES string of the molecule is Cc1ccc(-c2cc(C(F)F)nc(N3CCCC3)n2)cc1. The van der Waals surface area contributed by atoms with Crippen molar-refractivity contribution in [3.63, 3.8) is 0 Å². The summed E-state index contributed by atoms with van der Waals surface area (Å²) in [5.74, 6) is 0.417. The fraction of sp³-hybridized carbons (Fsp3) is 0.375. The van der Waals surface area contributed by atoms with Crippen molar-refractivity contribution in [1.29, 1.82) is 0 Å². The molecule has 0 amide bonds. The molecular weight excluding hydrogens is 272 g/mol. The smallest absolute Gasteiger partial charge is 0.280 e. The predicted octanol–water partition coefficient (Wildman–Crippen LogP) is 3.99. The van der Waals surface area contributed by atoms with Crippen molar-refractivity contribution in [2.24, 2.45) is 0 Å². The van der Waals surface area contributed by atoms with Crippen molar-refractivity contribution in [3.05, 3.63) is 41.6 Å². The number of aromatic nitrogens is 2. The average molecular weight is 289 g/mol. The maximum absolute atomic E-state index is 13.1. The van der Waals surface area contributed by atoms with E-state index in [0.29, 0.717) is 11.6 Å². The molecule has 0 aliphatic carbocycles. The standard InChI is InChI=1S/C16H17F2N3/c1-11-4-6-12(7-5-11)13-10-14(15(17)18)20-16(19-13)21-8-2-3-9-21/h4-7,10,15H,2-3,8-9H2,1H3. The first kappa shape index (κ1) is 13.9. The second-order valence-corrected chi connectivity index (χ2v) is 5.34. The van der Waals surface area contributed by atoms with Gasteiger partial charge < -0.3 is 4.90 Å². The van der Waals surface area contributed by atoms with E-state index in [1.165, 1.54) is 6.07 Å². The Morgan fingerprint density at radius 3 is 2.33 bits per heavy atom. The Bertz CT molecular complexity index is 620. The van der Waals surface area contributed by atoms with Crippen LogP contribution in [0.15, 0.2) is 30.3 Å². The van der Waals surface area contributed by atoms with Gasteiger partial charge in [0.1, 0.15) is 5.69 Å². The zero-order valence-corrected chi connectivity index (χ0v) is 11.9. The number of nitrogens with zero attached hydrogens (tertiary/aromatic N) is 3. The van der Waals surface area contributed by atoms with Gasteiger partial charge in [-0.2, -0.15) is 0 Å². The number of halogens is 2. The number of aryl methyl sites for hydroxylation is 1. The van der Waals surface area contributed by atoms with Crippen molar-refractivity contribution in [3.8, 4) is 11.3 Å². The van der Waals surface area contributed by atoms with E-state index < -0.39 is 6.43 Å². The summed E-state index contributed by atoms with van der Waals surface area (Å²) in [7, 11) is 0. The topological polar surface area (TPSA) is 29.0 Å². The first-order chi connectivity index (χ1) is 10.1. The van der Waals surface area contributed by atoms with Crippen LogP contribution < -0.4 is 4.90 Å². The Morgan fingerprint density at radius 2 is 1.71 bits per heavy atom. The molecule has 5 heteroatoms. The van der Waals surface area contributed by atoms with Crippen LogP contribution in [0.25, 0.3) is 11.3 Å². The summed E-state index contributed by atoms with van der Waals surface area (Å²) >= 11 is 0. The second-order valence-electron chi connectivity index (χ2n) is 5.34. The molecule has 3 rings (SSSR count). The Hall–Kier alpha value is -2.04. The van der Waals surface area contributed by atoms with Crippen LogP contribution in [0, 0.1) is 6.92 Å². The molecule has 1 aliphatic heterocycles. The molecule has 0 N–H and O–H groups in total. The molecule has 1 aromatic carbocycles. The minimum absolute atomic E-state index is 0.206. The van der Waals surface area contributed by atoms with Gasteiger partial charge in [0.2, 0.25) is 5.95 Å². The maximum Gasteiger partial charge on any atom is 0.280 e. The lowest BCUT2D eigenvalue weighted by atomic mass is 10.1. The summed E-state index contributed by atoms with van der Waals surface area (Å²) in [5, 5.41) is 0. The zero-order chi connectivity index (χ0) is 14.8. The van der Waals surface area contributed by atoms with Crippen molar-refractivity contribution in [2.75, 3.05) is 18.0 Å². The van der Waals surface area contributed by atoms with Gasteiger partial charge in [-0.15, -0.1) is 0 Å². The van der Waals surface area contributed by atoms with E-state index in [9.17, 15) is 8.78 Å². The molecule has 110 valence electrons. The second kappa shape index (κ2) is 5.76. The van der Waals surface area contributed by atoms with Gasteiger partial charge in [0.05, 0.1) is 5.69 Å².